The minimum atomic E-state index is -2.58. The van der Waals surface area contributed by atoms with Gasteiger partial charge in [0.2, 0.25) is 0 Å². The van der Waals surface area contributed by atoms with Crippen LogP contribution in [0, 0.1) is 0 Å². The van der Waals surface area contributed by atoms with Gasteiger partial charge in [0.05, 0.1) is 11.2 Å². The van der Waals surface area contributed by atoms with Crippen molar-refractivity contribution in [1.29, 1.82) is 0 Å². The van der Waals surface area contributed by atoms with Gasteiger partial charge in [0.15, 0.2) is 0 Å². The Labute approximate surface area is 126 Å². The van der Waals surface area contributed by atoms with Gasteiger partial charge in [-0.15, -0.1) is 10.2 Å². The van der Waals surface area contributed by atoms with Crippen molar-refractivity contribution < 1.29 is 14.0 Å². The molecule has 0 radical (unpaired) electrons. The van der Waals surface area contributed by atoms with Gasteiger partial charge in [-0.2, -0.15) is 0 Å². The summed E-state index contributed by atoms with van der Waals surface area (Å²) < 4.78 is 26.5. The van der Waals surface area contributed by atoms with Gasteiger partial charge in [-0.1, -0.05) is 42.5 Å². The maximum Gasteiger partial charge on any atom is 0.146 e. The summed E-state index contributed by atoms with van der Waals surface area (Å²) in [7, 11) is -2.58. The summed E-state index contributed by atoms with van der Waals surface area (Å²) in [6.45, 7) is 0. The molecule has 0 fully saturated rings. The monoisotopic (exact) mass is 281 g/mol. The number of aromatic hydroxyl groups is 1. The maximum atomic E-state index is 10.1. The summed E-state index contributed by atoms with van der Waals surface area (Å²) in [5.41, 5.74) is 0.581. The van der Waals surface area contributed by atoms with Crippen molar-refractivity contribution in [3.8, 4) is 11.5 Å². The third-order valence-electron chi connectivity index (χ3n) is 3.11. The number of ether oxygens (including phenoxy) is 1. The Balaban J connectivity index is 2.02. The molecule has 0 aliphatic rings. The van der Waals surface area contributed by atoms with E-state index in [2.05, 4.69) is 10.2 Å². The second-order valence-corrected chi connectivity index (χ2v) is 4.42. The highest BCUT2D eigenvalue weighted by atomic mass is 16.5. The first-order valence-corrected chi connectivity index (χ1v) is 6.34. The maximum absolute atomic E-state index is 10.1. The molecule has 0 aliphatic carbocycles. The van der Waals surface area contributed by atoms with Gasteiger partial charge in [0.25, 0.3) is 0 Å². The van der Waals surface area contributed by atoms with Crippen LogP contribution in [0.15, 0.2) is 70.9 Å². The van der Waals surface area contributed by atoms with Gasteiger partial charge >= 0.3 is 0 Å². The lowest BCUT2D eigenvalue weighted by molar-refractivity contribution is 0.416. The summed E-state index contributed by atoms with van der Waals surface area (Å²) in [6.07, 6.45) is 0. The predicted molar refractivity (Wildman–Crippen MR) is 82.8 cm³/mol. The topological polar surface area (TPSA) is 54.2 Å². The molecule has 4 heteroatoms. The number of phenols is 1. The largest absolute Gasteiger partial charge is 0.506 e. The average molecular weight is 281 g/mol. The molecule has 3 aromatic rings. The standard InChI is InChI=1S/C17H14N2O2/c1-21-16-9-5-4-8-14(16)18-19-17-13-7-3-2-6-12(13)10-11-15(17)20/h2-11,20H,1H3/i1D3. The molecule has 0 spiro atoms. The smallest absolute Gasteiger partial charge is 0.146 e. The molecule has 0 saturated carbocycles. The molecule has 0 saturated heterocycles. The summed E-state index contributed by atoms with van der Waals surface area (Å²) in [4.78, 5) is 0. The van der Waals surface area contributed by atoms with E-state index in [1.54, 1.807) is 30.3 Å². The molecule has 0 bridgehead atoms. The fourth-order valence-electron chi connectivity index (χ4n) is 2.08. The van der Waals surface area contributed by atoms with Crippen LogP contribution in [0.3, 0.4) is 0 Å². The van der Waals surface area contributed by atoms with Gasteiger partial charge in [0, 0.05) is 5.39 Å². The van der Waals surface area contributed by atoms with Crippen LogP contribution < -0.4 is 4.74 Å². The first-order valence-electron chi connectivity index (χ1n) is 7.84. The summed E-state index contributed by atoms with van der Waals surface area (Å²) in [6, 6.07) is 17.2. The Morgan fingerprint density at radius 3 is 2.67 bits per heavy atom. The Morgan fingerprint density at radius 2 is 1.76 bits per heavy atom. The lowest BCUT2D eigenvalue weighted by Crippen LogP contribution is -1.81. The Kier molecular flexibility index (Phi) is 2.66. The summed E-state index contributed by atoms with van der Waals surface area (Å²) in [5, 5.41) is 19.9. The van der Waals surface area contributed by atoms with Crippen molar-refractivity contribution in [3.63, 3.8) is 0 Å². The van der Waals surface area contributed by atoms with E-state index in [9.17, 15) is 5.11 Å². The second kappa shape index (κ2) is 5.63. The van der Waals surface area contributed by atoms with Gasteiger partial charge in [0.1, 0.15) is 22.9 Å². The Hall–Kier alpha value is -2.88. The normalized spacial score (nSPS) is 13.8. The van der Waals surface area contributed by atoms with Crippen molar-refractivity contribution in [1.82, 2.24) is 0 Å². The van der Waals surface area contributed by atoms with Crippen LogP contribution in [-0.2, 0) is 0 Å². The van der Waals surface area contributed by atoms with Gasteiger partial charge < -0.3 is 9.84 Å². The molecule has 21 heavy (non-hydrogen) atoms. The molecule has 1 N–H and O–H groups in total. The third kappa shape index (κ3) is 2.56. The van der Waals surface area contributed by atoms with Crippen molar-refractivity contribution in [3.05, 3.63) is 60.7 Å². The lowest BCUT2D eigenvalue weighted by Gasteiger charge is -2.05. The minimum absolute atomic E-state index is 0.00771. The van der Waals surface area contributed by atoms with E-state index in [1.165, 1.54) is 6.07 Å². The molecule has 0 aliphatic heterocycles. The van der Waals surface area contributed by atoms with Crippen molar-refractivity contribution in [2.75, 3.05) is 7.04 Å². The number of azo groups is 1. The number of para-hydroxylation sites is 1. The molecule has 4 nitrogen and oxygen atoms in total. The molecule has 0 heterocycles. The van der Waals surface area contributed by atoms with Crippen LogP contribution in [0.5, 0.6) is 11.5 Å². The molecule has 3 rings (SSSR count). The zero-order chi connectivity index (χ0) is 17.2. The zero-order valence-corrected chi connectivity index (χ0v) is 11.0. The van der Waals surface area contributed by atoms with Crippen LogP contribution in [0.1, 0.15) is 4.11 Å². The number of fused-ring (bicyclic) bond motifs is 1. The molecule has 0 atom stereocenters. The first kappa shape index (κ1) is 9.94. The van der Waals surface area contributed by atoms with E-state index in [0.717, 1.165) is 10.8 Å². The van der Waals surface area contributed by atoms with E-state index in [0.29, 0.717) is 5.69 Å². The number of methoxy groups -OCH3 is 1. The fourth-order valence-corrected chi connectivity index (χ4v) is 2.08. The molecular weight excluding hydrogens is 264 g/mol. The van der Waals surface area contributed by atoms with E-state index >= 15 is 0 Å². The molecule has 3 aromatic carbocycles. The van der Waals surface area contributed by atoms with E-state index in [4.69, 9.17) is 8.85 Å². The Bertz CT molecular complexity index is 908. The number of hydrogen-bond donors (Lipinski definition) is 1. The third-order valence-corrected chi connectivity index (χ3v) is 3.11. The van der Waals surface area contributed by atoms with Crippen LogP contribution in [0.25, 0.3) is 10.8 Å². The molecular formula is C17H14N2O2. The number of phenolic OH excluding ortho intramolecular Hbond substituents is 1. The molecule has 0 unspecified atom stereocenters. The van der Waals surface area contributed by atoms with Crippen molar-refractivity contribution in [2.45, 2.75) is 0 Å². The second-order valence-electron chi connectivity index (χ2n) is 4.42. The summed E-state index contributed by atoms with van der Waals surface area (Å²) >= 11 is 0. The lowest BCUT2D eigenvalue weighted by atomic mass is 10.1. The van der Waals surface area contributed by atoms with E-state index < -0.39 is 7.04 Å². The predicted octanol–water partition coefficient (Wildman–Crippen LogP) is 4.97. The van der Waals surface area contributed by atoms with Crippen molar-refractivity contribution >= 4 is 22.1 Å². The Morgan fingerprint density at radius 1 is 0.952 bits per heavy atom. The van der Waals surface area contributed by atoms with Gasteiger partial charge in [-0.05, 0) is 23.6 Å². The number of nitrogens with zero attached hydrogens (tertiary/aromatic N) is 2. The van der Waals surface area contributed by atoms with Crippen molar-refractivity contribution in [2.24, 2.45) is 10.2 Å². The van der Waals surface area contributed by atoms with Gasteiger partial charge in [-0.3, -0.25) is 0 Å². The highest BCUT2D eigenvalue weighted by Gasteiger charge is 2.06. The van der Waals surface area contributed by atoms with Gasteiger partial charge in [-0.25, -0.2) is 0 Å². The van der Waals surface area contributed by atoms with Crippen LogP contribution in [0.4, 0.5) is 11.4 Å². The molecule has 104 valence electrons. The van der Waals surface area contributed by atoms with Crippen LogP contribution >= 0.6 is 0 Å². The highest BCUT2D eigenvalue weighted by Crippen LogP contribution is 2.37. The van der Waals surface area contributed by atoms with Crippen LogP contribution in [0.2, 0.25) is 0 Å². The first-order chi connectivity index (χ1) is 11.4. The highest BCUT2D eigenvalue weighted by molar-refractivity contribution is 5.95. The number of benzene rings is 3. The number of hydrogen-bond acceptors (Lipinski definition) is 4. The summed E-state index contributed by atoms with van der Waals surface area (Å²) in [5.74, 6) is 0.0904. The number of rotatable bonds is 3. The van der Waals surface area contributed by atoms with E-state index in [-0.39, 0.29) is 17.2 Å². The molecule has 0 aromatic heterocycles. The average Bonchev–Trinajstić information content (AvgIpc) is 2.54. The molecule has 0 amide bonds. The fraction of sp³-hybridized carbons (Fsp3) is 0.0588. The minimum Gasteiger partial charge on any atom is -0.506 e. The zero-order valence-electron chi connectivity index (χ0n) is 14.0. The van der Waals surface area contributed by atoms with E-state index in [1.807, 2.05) is 24.3 Å². The SMILES string of the molecule is [2H]C([2H])([2H])Oc1ccccc1N=Nc1c(O)ccc2ccccc12. The van der Waals surface area contributed by atoms with Crippen LogP contribution in [-0.4, -0.2) is 12.1 Å². The quantitative estimate of drug-likeness (QED) is 0.689.